The summed E-state index contributed by atoms with van der Waals surface area (Å²) in [6.45, 7) is 5.97. The Bertz CT molecular complexity index is 880. The molecule has 2 aliphatic rings. The fourth-order valence-corrected chi connectivity index (χ4v) is 3.83. The van der Waals surface area contributed by atoms with Crippen LogP contribution in [0.1, 0.15) is 18.2 Å². The quantitative estimate of drug-likeness (QED) is 0.837. The zero-order valence-electron chi connectivity index (χ0n) is 16.2. The average Bonchev–Trinajstić information content (AvgIpc) is 3.21. The lowest BCUT2D eigenvalue weighted by molar-refractivity contribution is -0.137. The molecule has 1 atom stereocenters. The third-order valence-electron chi connectivity index (χ3n) is 5.43. The molecule has 1 saturated heterocycles. The highest BCUT2D eigenvalue weighted by atomic mass is 19.4. The van der Waals surface area contributed by atoms with Gasteiger partial charge in [-0.25, -0.2) is 0 Å². The van der Waals surface area contributed by atoms with Crippen LogP contribution >= 0.6 is 0 Å². The number of H-pyrrole nitrogens is 1. The van der Waals surface area contributed by atoms with Gasteiger partial charge in [0.05, 0.1) is 16.9 Å². The number of benzene rings is 1. The lowest BCUT2D eigenvalue weighted by Crippen LogP contribution is -2.46. The Morgan fingerprint density at radius 3 is 2.52 bits per heavy atom. The van der Waals surface area contributed by atoms with Crippen LogP contribution in [-0.2, 0) is 12.7 Å². The van der Waals surface area contributed by atoms with Crippen LogP contribution in [0.3, 0.4) is 0 Å². The van der Waals surface area contributed by atoms with Crippen molar-refractivity contribution >= 4 is 11.4 Å². The Kier molecular flexibility index (Phi) is 5.36. The minimum Gasteiger partial charge on any atom is -0.367 e. The van der Waals surface area contributed by atoms with E-state index in [1.54, 1.807) is 12.3 Å². The maximum absolute atomic E-state index is 13.4. The van der Waals surface area contributed by atoms with Crippen LogP contribution in [0.15, 0.2) is 54.9 Å². The number of piperazine rings is 1. The van der Waals surface area contributed by atoms with Crippen LogP contribution in [0, 0.1) is 0 Å². The predicted molar refractivity (Wildman–Crippen MR) is 108 cm³/mol. The second-order valence-electron chi connectivity index (χ2n) is 7.42. The van der Waals surface area contributed by atoms with E-state index in [-0.39, 0.29) is 6.04 Å². The molecule has 2 aromatic rings. The van der Waals surface area contributed by atoms with Crippen LogP contribution in [0.5, 0.6) is 0 Å². The van der Waals surface area contributed by atoms with Crippen molar-refractivity contribution < 1.29 is 13.2 Å². The molecule has 0 amide bonds. The summed E-state index contributed by atoms with van der Waals surface area (Å²) < 4.78 is 40.1. The van der Waals surface area contributed by atoms with Gasteiger partial charge in [-0.2, -0.15) is 18.3 Å². The molecule has 2 aliphatic heterocycles. The number of aromatic nitrogens is 2. The molecule has 5 nitrogen and oxygen atoms in total. The third-order valence-corrected chi connectivity index (χ3v) is 5.43. The molecule has 8 heteroatoms. The molecule has 1 N–H and O–H groups in total. The van der Waals surface area contributed by atoms with Crippen LogP contribution in [0.25, 0.3) is 0 Å². The number of halogens is 3. The highest BCUT2D eigenvalue weighted by Gasteiger charge is 2.33. The van der Waals surface area contributed by atoms with E-state index in [0.29, 0.717) is 5.69 Å². The number of aromatic amines is 1. The molecule has 154 valence electrons. The van der Waals surface area contributed by atoms with E-state index in [1.165, 1.54) is 12.1 Å². The second-order valence-corrected chi connectivity index (χ2v) is 7.42. The highest BCUT2D eigenvalue weighted by molar-refractivity contribution is 5.75. The van der Waals surface area contributed by atoms with Gasteiger partial charge in [0, 0.05) is 56.9 Å². The summed E-state index contributed by atoms with van der Waals surface area (Å²) >= 11 is 0. The highest BCUT2D eigenvalue weighted by Crippen LogP contribution is 2.39. The summed E-state index contributed by atoms with van der Waals surface area (Å²) in [5, 5.41) is 6.95. The summed E-state index contributed by atoms with van der Waals surface area (Å²) in [4.78, 5) is 6.40. The van der Waals surface area contributed by atoms with Crippen LogP contribution in [-0.4, -0.2) is 47.3 Å². The number of alkyl halides is 3. The Morgan fingerprint density at radius 1 is 1.07 bits per heavy atom. The minimum absolute atomic E-state index is 0.0103. The third kappa shape index (κ3) is 4.32. The summed E-state index contributed by atoms with van der Waals surface area (Å²) in [7, 11) is 0. The van der Waals surface area contributed by atoms with Gasteiger partial charge in [-0.3, -0.25) is 10.00 Å². The van der Waals surface area contributed by atoms with E-state index in [2.05, 4.69) is 20.0 Å². The van der Waals surface area contributed by atoms with Crippen molar-refractivity contribution in [2.24, 2.45) is 0 Å². The van der Waals surface area contributed by atoms with Crippen molar-refractivity contribution in [2.75, 3.05) is 36.0 Å². The molecule has 0 spiro atoms. The number of nitrogens with zero attached hydrogens (tertiary/aromatic N) is 4. The standard InChI is InChI=1S/C21H24F3N5/c1-16-4-2-3-9-29(16)20-14-17(21(22,23)24)5-6-19(20)28-12-10-27(11-13-28)15-18-7-8-25-26-18/h2-9,14,16H,10-13,15H2,1H3,(H,25,26). The van der Waals surface area contributed by atoms with Gasteiger partial charge in [-0.1, -0.05) is 12.2 Å². The first-order valence-corrected chi connectivity index (χ1v) is 9.72. The second kappa shape index (κ2) is 7.94. The molecule has 0 aliphatic carbocycles. The Labute approximate surface area is 168 Å². The topological polar surface area (TPSA) is 38.4 Å². The van der Waals surface area contributed by atoms with Gasteiger partial charge in [0.1, 0.15) is 0 Å². The Balaban J connectivity index is 1.56. The molecule has 4 rings (SSSR count). The lowest BCUT2D eigenvalue weighted by Gasteiger charge is -2.39. The molecular formula is C21H24F3N5. The fraction of sp³-hybridized carbons (Fsp3) is 0.381. The van der Waals surface area contributed by atoms with Crippen molar-refractivity contribution in [3.05, 3.63) is 66.1 Å². The summed E-state index contributed by atoms with van der Waals surface area (Å²) in [6, 6.07) is 6.01. The fourth-order valence-electron chi connectivity index (χ4n) is 3.83. The van der Waals surface area contributed by atoms with E-state index in [1.807, 2.05) is 42.3 Å². The number of hydrogen-bond donors (Lipinski definition) is 1. The Morgan fingerprint density at radius 2 is 1.86 bits per heavy atom. The van der Waals surface area contributed by atoms with Gasteiger partial charge in [0.15, 0.2) is 0 Å². The summed E-state index contributed by atoms with van der Waals surface area (Å²) in [5.41, 5.74) is 1.87. The van der Waals surface area contributed by atoms with Gasteiger partial charge in [-0.05, 0) is 37.3 Å². The first-order chi connectivity index (χ1) is 13.9. The zero-order valence-corrected chi connectivity index (χ0v) is 16.2. The molecule has 1 fully saturated rings. The van der Waals surface area contributed by atoms with Gasteiger partial charge >= 0.3 is 6.18 Å². The maximum Gasteiger partial charge on any atom is 0.416 e. The summed E-state index contributed by atoms with van der Waals surface area (Å²) in [5.74, 6) is 0. The predicted octanol–water partition coefficient (Wildman–Crippen LogP) is 4.03. The molecule has 0 saturated carbocycles. The van der Waals surface area contributed by atoms with Crippen molar-refractivity contribution in [3.8, 4) is 0 Å². The molecule has 0 bridgehead atoms. The van der Waals surface area contributed by atoms with E-state index < -0.39 is 11.7 Å². The normalized spacial score (nSPS) is 20.5. The maximum atomic E-state index is 13.4. The van der Waals surface area contributed by atoms with Gasteiger partial charge in [0.25, 0.3) is 0 Å². The molecule has 1 aromatic carbocycles. The SMILES string of the molecule is CC1C=CC=CN1c1cc(C(F)(F)F)ccc1N1CCN(Cc2ccn[nH]2)CC1. The number of nitrogens with one attached hydrogen (secondary N) is 1. The van der Waals surface area contributed by atoms with Crippen molar-refractivity contribution in [3.63, 3.8) is 0 Å². The number of anilines is 2. The van der Waals surface area contributed by atoms with E-state index in [4.69, 9.17) is 0 Å². The Hall–Kier alpha value is -2.74. The van der Waals surface area contributed by atoms with Gasteiger partial charge < -0.3 is 9.80 Å². The smallest absolute Gasteiger partial charge is 0.367 e. The monoisotopic (exact) mass is 403 g/mol. The first-order valence-electron chi connectivity index (χ1n) is 9.72. The van der Waals surface area contributed by atoms with E-state index in [0.717, 1.165) is 44.1 Å². The molecule has 1 aromatic heterocycles. The van der Waals surface area contributed by atoms with Crippen molar-refractivity contribution in [2.45, 2.75) is 25.7 Å². The van der Waals surface area contributed by atoms with Crippen molar-refractivity contribution in [1.29, 1.82) is 0 Å². The molecule has 29 heavy (non-hydrogen) atoms. The lowest BCUT2D eigenvalue weighted by atomic mass is 10.1. The largest absolute Gasteiger partial charge is 0.416 e. The average molecular weight is 403 g/mol. The van der Waals surface area contributed by atoms with Crippen LogP contribution in [0.2, 0.25) is 0 Å². The number of rotatable bonds is 4. The van der Waals surface area contributed by atoms with Crippen LogP contribution < -0.4 is 9.80 Å². The van der Waals surface area contributed by atoms with Gasteiger partial charge in [0.2, 0.25) is 0 Å². The number of allylic oxidation sites excluding steroid dienone is 2. The molecule has 0 radical (unpaired) electrons. The minimum atomic E-state index is -4.37. The molecule has 1 unspecified atom stereocenters. The van der Waals surface area contributed by atoms with Crippen LogP contribution in [0.4, 0.5) is 24.5 Å². The zero-order chi connectivity index (χ0) is 20.4. The molecular weight excluding hydrogens is 379 g/mol. The summed E-state index contributed by atoms with van der Waals surface area (Å²) in [6.07, 6.45) is 4.97. The molecule has 3 heterocycles. The van der Waals surface area contributed by atoms with Crippen molar-refractivity contribution in [1.82, 2.24) is 15.1 Å². The van der Waals surface area contributed by atoms with Gasteiger partial charge in [-0.15, -0.1) is 0 Å². The van der Waals surface area contributed by atoms with E-state index in [9.17, 15) is 13.2 Å². The first kappa shape index (κ1) is 19.6. The number of hydrogen-bond acceptors (Lipinski definition) is 4. The van der Waals surface area contributed by atoms with E-state index >= 15 is 0 Å².